The number of aryl methyl sites for hydroxylation is 1. The topological polar surface area (TPSA) is 59.4 Å². The van der Waals surface area contributed by atoms with E-state index >= 15 is 0 Å². The molecule has 1 saturated heterocycles. The van der Waals surface area contributed by atoms with Crippen LogP contribution in [0.1, 0.15) is 40.3 Å². The molecule has 4 nitrogen and oxygen atoms in total. The van der Waals surface area contributed by atoms with Crippen LogP contribution < -0.4 is 0 Å². The molecule has 1 aromatic rings. The van der Waals surface area contributed by atoms with Crippen LogP contribution in [0.25, 0.3) is 0 Å². The highest BCUT2D eigenvalue weighted by Crippen LogP contribution is 2.40. The monoisotopic (exact) mass is 239 g/mol. The Balaban J connectivity index is 1.89. The average molecular weight is 239 g/mol. The van der Waals surface area contributed by atoms with Crippen LogP contribution in [0.3, 0.4) is 0 Å². The molecule has 0 bridgehead atoms. The highest BCUT2D eigenvalue weighted by molar-refractivity contribution is 7.11. The SMILES string of the molecule is O=C(O)C1CCc2sc(C3CCOC3)nc21. The van der Waals surface area contributed by atoms with E-state index in [9.17, 15) is 4.79 Å². The van der Waals surface area contributed by atoms with Gasteiger partial charge in [-0.3, -0.25) is 4.79 Å². The first kappa shape index (κ1) is 10.2. The van der Waals surface area contributed by atoms with Crippen molar-refractivity contribution in [3.8, 4) is 0 Å². The predicted molar refractivity (Wildman–Crippen MR) is 59.0 cm³/mol. The smallest absolute Gasteiger partial charge is 0.312 e. The Bertz CT molecular complexity index is 423. The van der Waals surface area contributed by atoms with E-state index < -0.39 is 5.97 Å². The number of hydrogen-bond acceptors (Lipinski definition) is 4. The van der Waals surface area contributed by atoms with Gasteiger partial charge < -0.3 is 9.84 Å². The second kappa shape index (κ2) is 3.82. The maximum Gasteiger partial charge on any atom is 0.312 e. The lowest BCUT2D eigenvalue weighted by atomic mass is 10.1. The summed E-state index contributed by atoms with van der Waals surface area (Å²) in [7, 11) is 0. The van der Waals surface area contributed by atoms with Crippen LogP contribution in [0.5, 0.6) is 0 Å². The molecular formula is C11H13NO3S. The van der Waals surface area contributed by atoms with Gasteiger partial charge in [-0.05, 0) is 19.3 Å². The molecule has 86 valence electrons. The van der Waals surface area contributed by atoms with E-state index in [0.717, 1.165) is 36.8 Å². The summed E-state index contributed by atoms with van der Waals surface area (Å²) in [6.45, 7) is 1.54. The third-order valence-electron chi connectivity index (χ3n) is 3.31. The van der Waals surface area contributed by atoms with Gasteiger partial charge in [-0.1, -0.05) is 0 Å². The Morgan fingerprint density at radius 1 is 1.50 bits per heavy atom. The Hall–Kier alpha value is -0.940. The normalized spacial score (nSPS) is 28.2. The van der Waals surface area contributed by atoms with Gasteiger partial charge >= 0.3 is 5.97 Å². The lowest BCUT2D eigenvalue weighted by molar-refractivity contribution is -0.138. The van der Waals surface area contributed by atoms with Crippen molar-refractivity contribution in [2.45, 2.75) is 31.1 Å². The van der Waals surface area contributed by atoms with Gasteiger partial charge in [-0.15, -0.1) is 11.3 Å². The van der Waals surface area contributed by atoms with Crippen LogP contribution in [0, 0.1) is 0 Å². The molecule has 5 heteroatoms. The molecule has 2 unspecified atom stereocenters. The van der Waals surface area contributed by atoms with Crippen LogP contribution in [0.4, 0.5) is 0 Å². The second-order valence-corrected chi connectivity index (χ2v) is 5.47. The molecule has 2 aliphatic rings. The zero-order valence-corrected chi connectivity index (χ0v) is 9.63. The third kappa shape index (κ3) is 1.55. The van der Waals surface area contributed by atoms with E-state index in [4.69, 9.17) is 9.84 Å². The molecule has 1 aliphatic heterocycles. The largest absolute Gasteiger partial charge is 0.481 e. The van der Waals surface area contributed by atoms with E-state index in [1.807, 2.05) is 0 Å². The Morgan fingerprint density at radius 2 is 2.38 bits per heavy atom. The zero-order chi connectivity index (χ0) is 11.1. The molecule has 1 N–H and O–H groups in total. The van der Waals surface area contributed by atoms with E-state index in [2.05, 4.69) is 4.98 Å². The van der Waals surface area contributed by atoms with Crippen LogP contribution >= 0.6 is 11.3 Å². The standard InChI is InChI=1S/C11H13NO3S/c13-11(14)7-1-2-8-9(7)12-10(16-8)6-3-4-15-5-6/h6-7H,1-5H2,(H,13,14). The maximum absolute atomic E-state index is 11.0. The van der Waals surface area contributed by atoms with Crippen molar-refractivity contribution in [1.82, 2.24) is 4.98 Å². The number of ether oxygens (including phenoxy) is 1. The fourth-order valence-corrected chi connectivity index (χ4v) is 3.65. The minimum Gasteiger partial charge on any atom is -0.481 e. The van der Waals surface area contributed by atoms with Gasteiger partial charge in [0.2, 0.25) is 0 Å². The summed E-state index contributed by atoms with van der Waals surface area (Å²) in [6.07, 6.45) is 2.60. The molecule has 1 aliphatic carbocycles. The molecule has 0 saturated carbocycles. The number of rotatable bonds is 2. The van der Waals surface area contributed by atoms with Crippen molar-refractivity contribution in [3.63, 3.8) is 0 Å². The molecule has 1 aromatic heterocycles. The lowest BCUT2D eigenvalue weighted by Gasteiger charge is -2.04. The van der Waals surface area contributed by atoms with Gasteiger partial charge in [0.15, 0.2) is 0 Å². The minimum absolute atomic E-state index is 0.373. The Morgan fingerprint density at radius 3 is 3.06 bits per heavy atom. The highest BCUT2D eigenvalue weighted by Gasteiger charge is 2.34. The molecular weight excluding hydrogens is 226 g/mol. The average Bonchev–Trinajstić information content (AvgIpc) is 2.92. The molecule has 0 aromatic carbocycles. The number of aliphatic carboxylic acids is 1. The van der Waals surface area contributed by atoms with Gasteiger partial charge in [-0.2, -0.15) is 0 Å². The molecule has 0 amide bonds. The predicted octanol–water partition coefficient (Wildman–Crippen LogP) is 1.76. The quantitative estimate of drug-likeness (QED) is 0.854. The van der Waals surface area contributed by atoms with Crippen LogP contribution in [0.2, 0.25) is 0 Å². The zero-order valence-electron chi connectivity index (χ0n) is 8.81. The summed E-state index contributed by atoms with van der Waals surface area (Å²) >= 11 is 1.69. The number of aromatic nitrogens is 1. The van der Waals surface area contributed by atoms with Crippen LogP contribution in [0.15, 0.2) is 0 Å². The molecule has 0 radical (unpaired) electrons. The number of nitrogens with zero attached hydrogens (tertiary/aromatic N) is 1. The summed E-state index contributed by atoms with van der Waals surface area (Å²) in [5.41, 5.74) is 0.819. The second-order valence-electron chi connectivity index (χ2n) is 4.35. The van der Waals surface area contributed by atoms with Gasteiger partial charge in [0.25, 0.3) is 0 Å². The van der Waals surface area contributed by atoms with Crippen LogP contribution in [-0.2, 0) is 16.0 Å². The molecule has 3 rings (SSSR count). The number of carboxylic acid groups (broad SMARTS) is 1. The number of hydrogen-bond donors (Lipinski definition) is 1. The van der Waals surface area contributed by atoms with Gasteiger partial charge in [0.05, 0.1) is 17.3 Å². The van der Waals surface area contributed by atoms with Crippen molar-refractivity contribution >= 4 is 17.3 Å². The summed E-state index contributed by atoms with van der Waals surface area (Å²) in [5, 5.41) is 10.2. The van der Waals surface area contributed by atoms with Crippen molar-refractivity contribution < 1.29 is 14.6 Å². The van der Waals surface area contributed by atoms with Gasteiger partial charge in [0.1, 0.15) is 5.92 Å². The summed E-state index contributed by atoms with van der Waals surface area (Å²) in [5.74, 6) is -0.717. The van der Waals surface area contributed by atoms with E-state index in [-0.39, 0.29) is 5.92 Å². The van der Waals surface area contributed by atoms with Gasteiger partial charge in [-0.25, -0.2) is 4.98 Å². The first-order valence-corrected chi connectivity index (χ1v) is 6.37. The molecule has 2 heterocycles. The summed E-state index contributed by atoms with van der Waals surface area (Å²) in [4.78, 5) is 16.7. The molecule has 1 fully saturated rings. The summed E-state index contributed by atoms with van der Waals surface area (Å²) < 4.78 is 5.34. The fraction of sp³-hybridized carbons (Fsp3) is 0.636. The van der Waals surface area contributed by atoms with Crippen molar-refractivity contribution in [3.05, 3.63) is 15.6 Å². The molecule has 16 heavy (non-hydrogen) atoms. The Labute approximate surface area is 97.3 Å². The molecule has 0 spiro atoms. The fourth-order valence-electron chi connectivity index (χ4n) is 2.39. The van der Waals surface area contributed by atoms with E-state index in [0.29, 0.717) is 12.3 Å². The molecule has 2 atom stereocenters. The van der Waals surface area contributed by atoms with Crippen LogP contribution in [-0.4, -0.2) is 29.3 Å². The lowest BCUT2D eigenvalue weighted by Crippen LogP contribution is -2.09. The first-order chi connectivity index (χ1) is 7.75. The highest BCUT2D eigenvalue weighted by atomic mass is 32.1. The Kier molecular flexibility index (Phi) is 2.44. The van der Waals surface area contributed by atoms with Crippen molar-refractivity contribution in [2.24, 2.45) is 0 Å². The van der Waals surface area contributed by atoms with Crippen molar-refractivity contribution in [2.75, 3.05) is 13.2 Å². The number of carboxylic acids is 1. The van der Waals surface area contributed by atoms with E-state index in [1.165, 1.54) is 4.88 Å². The maximum atomic E-state index is 11.0. The number of fused-ring (bicyclic) bond motifs is 1. The number of thiazole rings is 1. The van der Waals surface area contributed by atoms with Gasteiger partial charge in [0, 0.05) is 17.4 Å². The first-order valence-electron chi connectivity index (χ1n) is 5.55. The summed E-state index contributed by atoms with van der Waals surface area (Å²) in [6, 6.07) is 0. The minimum atomic E-state index is -0.738. The van der Waals surface area contributed by atoms with E-state index in [1.54, 1.807) is 11.3 Å². The van der Waals surface area contributed by atoms with Crippen molar-refractivity contribution in [1.29, 1.82) is 0 Å². The third-order valence-corrected chi connectivity index (χ3v) is 4.60. The number of carbonyl (C=O) groups is 1.